The minimum Gasteiger partial charge on any atom is -0.309 e. The van der Waals surface area contributed by atoms with Crippen LogP contribution >= 0.6 is 27.3 Å². The summed E-state index contributed by atoms with van der Waals surface area (Å²) < 4.78 is 38.7. The second kappa shape index (κ2) is 5.83. The fraction of sp³-hybridized carbons (Fsp3) is 0.308. The molecule has 1 heterocycles. The maximum atomic E-state index is 12.6. The summed E-state index contributed by atoms with van der Waals surface area (Å²) >= 11 is 4.10. The van der Waals surface area contributed by atoms with Crippen LogP contribution in [0.2, 0.25) is 0 Å². The Bertz CT molecular complexity index is 610. The zero-order chi connectivity index (χ0) is 14.9. The lowest BCUT2D eigenvalue weighted by molar-refractivity contribution is -0.137. The molecule has 0 bridgehead atoms. The van der Waals surface area contributed by atoms with Crippen molar-refractivity contribution in [1.29, 1.82) is 0 Å². The molecule has 7 heteroatoms. The molecule has 0 radical (unpaired) electrons. The lowest BCUT2D eigenvalue weighted by Gasteiger charge is -2.17. The SMILES string of the molecule is CNC(c1cnc(C(F)(F)F)s1)c1cc(C)ccc1Br. The van der Waals surface area contributed by atoms with E-state index in [9.17, 15) is 13.2 Å². The van der Waals surface area contributed by atoms with Gasteiger partial charge in [0.15, 0.2) is 5.01 Å². The van der Waals surface area contributed by atoms with Crippen LogP contribution in [0.3, 0.4) is 0 Å². The second-order valence-electron chi connectivity index (χ2n) is 4.31. The summed E-state index contributed by atoms with van der Waals surface area (Å²) in [6.07, 6.45) is -3.12. The van der Waals surface area contributed by atoms with Gasteiger partial charge in [0, 0.05) is 15.5 Å². The fourth-order valence-electron chi connectivity index (χ4n) is 1.89. The number of aryl methyl sites for hydroxylation is 1. The van der Waals surface area contributed by atoms with Crippen LogP contribution in [0, 0.1) is 6.92 Å². The quantitative estimate of drug-likeness (QED) is 0.864. The van der Waals surface area contributed by atoms with Gasteiger partial charge >= 0.3 is 6.18 Å². The van der Waals surface area contributed by atoms with E-state index in [0.29, 0.717) is 16.2 Å². The van der Waals surface area contributed by atoms with E-state index in [4.69, 9.17) is 0 Å². The molecule has 2 aromatic rings. The van der Waals surface area contributed by atoms with E-state index in [1.54, 1.807) is 7.05 Å². The molecule has 1 aromatic carbocycles. The number of alkyl halides is 3. The number of thiazole rings is 1. The minimum atomic E-state index is -4.40. The highest BCUT2D eigenvalue weighted by atomic mass is 79.9. The van der Waals surface area contributed by atoms with E-state index in [1.165, 1.54) is 6.20 Å². The third kappa shape index (κ3) is 3.21. The van der Waals surface area contributed by atoms with Crippen LogP contribution < -0.4 is 5.32 Å². The van der Waals surface area contributed by atoms with Crippen LogP contribution in [0.15, 0.2) is 28.9 Å². The lowest BCUT2D eigenvalue weighted by Crippen LogP contribution is -2.17. The lowest BCUT2D eigenvalue weighted by atomic mass is 10.0. The first-order valence-electron chi connectivity index (χ1n) is 5.79. The zero-order valence-electron chi connectivity index (χ0n) is 10.8. The zero-order valence-corrected chi connectivity index (χ0v) is 13.2. The summed E-state index contributed by atoms with van der Waals surface area (Å²) in [5, 5.41) is 2.22. The number of hydrogen-bond acceptors (Lipinski definition) is 3. The predicted molar refractivity (Wildman–Crippen MR) is 76.9 cm³/mol. The van der Waals surface area contributed by atoms with E-state index >= 15 is 0 Å². The van der Waals surface area contributed by atoms with Crippen molar-refractivity contribution in [2.75, 3.05) is 7.05 Å². The van der Waals surface area contributed by atoms with Crippen LogP contribution in [0.4, 0.5) is 13.2 Å². The predicted octanol–water partition coefficient (Wildman–Crippen LogP) is 4.54. The molecule has 0 saturated carbocycles. The fourth-order valence-corrected chi connectivity index (χ4v) is 3.27. The highest BCUT2D eigenvalue weighted by Gasteiger charge is 2.35. The van der Waals surface area contributed by atoms with E-state index < -0.39 is 11.2 Å². The van der Waals surface area contributed by atoms with Gasteiger partial charge in [-0.05, 0) is 25.6 Å². The first-order valence-corrected chi connectivity index (χ1v) is 7.40. The van der Waals surface area contributed by atoms with Crippen molar-refractivity contribution in [1.82, 2.24) is 10.3 Å². The van der Waals surface area contributed by atoms with Crippen LogP contribution in [0.1, 0.15) is 27.1 Å². The Morgan fingerprint density at radius 3 is 2.60 bits per heavy atom. The number of nitrogens with zero attached hydrogens (tertiary/aromatic N) is 1. The molecular weight excluding hydrogens is 353 g/mol. The first kappa shape index (κ1) is 15.5. The average Bonchev–Trinajstić information content (AvgIpc) is 2.84. The molecule has 108 valence electrons. The maximum Gasteiger partial charge on any atom is 0.443 e. The van der Waals surface area contributed by atoms with Gasteiger partial charge in [0.25, 0.3) is 0 Å². The van der Waals surface area contributed by atoms with E-state index in [0.717, 1.165) is 15.6 Å². The van der Waals surface area contributed by atoms with Crippen molar-refractivity contribution in [2.45, 2.75) is 19.1 Å². The molecule has 1 aromatic heterocycles. The van der Waals surface area contributed by atoms with Crippen molar-refractivity contribution in [3.63, 3.8) is 0 Å². The minimum absolute atomic E-state index is 0.321. The van der Waals surface area contributed by atoms with E-state index in [1.807, 2.05) is 25.1 Å². The molecule has 2 rings (SSSR count). The van der Waals surface area contributed by atoms with Gasteiger partial charge in [0.05, 0.1) is 6.04 Å². The van der Waals surface area contributed by atoms with Gasteiger partial charge in [-0.3, -0.25) is 0 Å². The van der Waals surface area contributed by atoms with E-state index in [2.05, 4.69) is 26.2 Å². The Hall–Kier alpha value is -0.920. The van der Waals surface area contributed by atoms with E-state index in [-0.39, 0.29) is 6.04 Å². The number of nitrogens with one attached hydrogen (secondary N) is 1. The topological polar surface area (TPSA) is 24.9 Å². The number of benzene rings is 1. The molecule has 0 fully saturated rings. The summed E-state index contributed by atoms with van der Waals surface area (Å²) in [4.78, 5) is 4.01. The van der Waals surface area contributed by atoms with Gasteiger partial charge < -0.3 is 5.32 Å². The Morgan fingerprint density at radius 2 is 2.05 bits per heavy atom. The van der Waals surface area contributed by atoms with Gasteiger partial charge in [-0.25, -0.2) is 4.98 Å². The summed E-state index contributed by atoms with van der Waals surface area (Å²) in [5.74, 6) is 0. The summed E-state index contributed by atoms with van der Waals surface area (Å²) in [7, 11) is 1.71. The molecule has 0 saturated heterocycles. The summed E-state index contributed by atoms with van der Waals surface area (Å²) in [6, 6.07) is 5.45. The molecule has 1 atom stereocenters. The average molecular weight is 365 g/mol. The van der Waals surface area contributed by atoms with Crippen LogP contribution in [0.5, 0.6) is 0 Å². The third-order valence-corrected chi connectivity index (χ3v) is 4.63. The smallest absolute Gasteiger partial charge is 0.309 e. The molecule has 20 heavy (non-hydrogen) atoms. The number of halogens is 4. The summed E-state index contributed by atoms with van der Waals surface area (Å²) in [6.45, 7) is 1.94. The summed E-state index contributed by atoms with van der Waals surface area (Å²) in [5.41, 5.74) is 1.94. The van der Waals surface area contributed by atoms with Gasteiger partial charge in [-0.15, -0.1) is 11.3 Å². The molecular formula is C13H12BrF3N2S. The van der Waals surface area contributed by atoms with Crippen molar-refractivity contribution < 1.29 is 13.2 Å². The van der Waals surface area contributed by atoms with Crippen molar-refractivity contribution >= 4 is 27.3 Å². The third-order valence-electron chi connectivity index (χ3n) is 2.80. The molecule has 1 N–H and O–H groups in total. The normalized spacial score (nSPS) is 13.5. The van der Waals surface area contributed by atoms with Gasteiger partial charge in [-0.1, -0.05) is 33.6 Å². The maximum absolute atomic E-state index is 12.6. The Morgan fingerprint density at radius 1 is 1.35 bits per heavy atom. The Labute approximate surface area is 127 Å². The molecule has 0 aliphatic carbocycles. The largest absolute Gasteiger partial charge is 0.443 e. The van der Waals surface area contributed by atoms with Gasteiger partial charge in [0.1, 0.15) is 0 Å². The Balaban J connectivity index is 2.42. The molecule has 0 aliphatic rings. The van der Waals surface area contributed by atoms with Crippen molar-refractivity contribution in [3.8, 4) is 0 Å². The standard InChI is InChI=1S/C13H12BrF3N2S/c1-7-3-4-9(14)8(5-7)11(18-2)10-6-19-12(20-10)13(15,16)17/h3-6,11,18H,1-2H3. The molecule has 1 unspecified atom stereocenters. The molecule has 0 amide bonds. The highest BCUT2D eigenvalue weighted by molar-refractivity contribution is 9.10. The number of hydrogen-bond donors (Lipinski definition) is 1. The van der Waals surface area contributed by atoms with Crippen LogP contribution in [-0.2, 0) is 6.18 Å². The van der Waals surface area contributed by atoms with Crippen molar-refractivity contribution in [2.24, 2.45) is 0 Å². The first-order chi connectivity index (χ1) is 9.32. The number of aromatic nitrogens is 1. The number of rotatable bonds is 3. The second-order valence-corrected chi connectivity index (χ2v) is 6.23. The van der Waals surface area contributed by atoms with Crippen LogP contribution in [-0.4, -0.2) is 12.0 Å². The molecule has 2 nitrogen and oxygen atoms in total. The van der Waals surface area contributed by atoms with Gasteiger partial charge in [-0.2, -0.15) is 13.2 Å². The molecule has 0 aliphatic heterocycles. The highest BCUT2D eigenvalue weighted by Crippen LogP contribution is 2.37. The monoisotopic (exact) mass is 364 g/mol. The van der Waals surface area contributed by atoms with Gasteiger partial charge in [0.2, 0.25) is 0 Å². The van der Waals surface area contributed by atoms with Crippen LogP contribution in [0.25, 0.3) is 0 Å². The molecule has 0 spiro atoms. The van der Waals surface area contributed by atoms with Crippen molar-refractivity contribution in [3.05, 3.63) is 49.9 Å². The Kier molecular flexibility index (Phi) is 4.51.